The Morgan fingerprint density at radius 1 is 1.33 bits per heavy atom. The zero-order valence-corrected chi connectivity index (χ0v) is 10.8. The quantitative estimate of drug-likeness (QED) is 0.897. The zero-order chi connectivity index (χ0) is 11.4. The number of carbonyl (C=O) groups is 1. The maximum Gasteiger partial charge on any atom is 0.223 e. The third kappa shape index (κ3) is 3.67. The molecule has 0 saturated heterocycles. The summed E-state index contributed by atoms with van der Waals surface area (Å²) in [6.45, 7) is 5.77. The van der Waals surface area contributed by atoms with Gasteiger partial charge in [0.25, 0.3) is 0 Å². The summed E-state index contributed by atoms with van der Waals surface area (Å²) < 4.78 is 1.03. The summed E-state index contributed by atoms with van der Waals surface area (Å²) in [5.74, 6) is 0.113. The van der Waals surface area contributed by atoms with Crippen LogP contribution in [0.25, 0.3) is 0 Å². The van der Waals surface area contributed by atoms with Gasteiger partial charge in [0.05, 0.1) is 6.04 Å². The first-order valence-electron chi connectivity index (χ1n) is 5.06. The molecule has 1 N–H and O–H groups in total. The summed E-state index contributed by atoms with van der Waals surface area (Å²) >= 11 is 3.41. The number of hydrogen-bond donors (Lipinski definition) is 1. The molecule has 82 valence electrons. The van der Waals surface area contributed by atoms with Crippen molar-refractivity contribution in [3.8, 4) is 0 Å². The van der Waals surface area contributed by atoms with Crippen LogP contribution in [-0.4, -0.2) is 5.91 Å². The fourth-order valence-electron chi connectivity index (χ4n) is 1.24. The van der Waals surface area contributed by atoms with Crippen molar-refractivity contribution in [3.63, 3.8) is 0 Å². The molecule has 0 heterocycles. The highest BCUT2D eigenvalue weighted by Crippen LogP contribution is 2.18. The second kappa shape index (κ2) is 5.31. The largest absolute Gasteiger partial charge is 0.349 e. The molecule has 1 amide bonds. The van der Waals surface area contributed by atoms with E-state index >= 15 is 0 Å². The minimum atomic E-state index is 0.0274. The van der Waals surface area contributed by atoms with E-state index in [4.69, 9.17) is 0 Å². The van der Waals surface area contributed by atoms with Crippen LogP contribution >= 0.6 is 15.9 Å². The van der Waals surface area contributed by atoms with Gasteiger partial charge < -0.3 is 5.32 Å². The van der Waals surface area contributed by atoms with E-state index in [1.165, 1.54) is 0 Å². The second-order valence-electron chi connectivity index (χ2n) is 3.94. The lowest BCUT2D eigenvalue weighted by Gasteiger charge is -2.16. The Balaban J connectivity index is 2.69. The molecule has 0 radical (unpaired) electrons. The Bertz CT molecular complexity index is 349. The number of benzene rings is 1. The maximum atomic E-state index is 11.5. The van der Waals surface area contributed by atoms with Gasteiger partial charge in [0.2, 0.25) is 5.91 Å². The predicted molar refractivity (Wildman–Crippen MR) is 65.5 cm³/mol. The summed E-state index contributed by atoms with van der Waals surface area (Å²) in [6.07, 6.45) is 0. The number of rotatable bonds is 3. The lowest BCUT2D eigenvalue weighted by atomic mass is 10.1. The molecule has 3 heteroatoms. The van der Waals surface area contributed by atoms with Crippen molar-refractivity contribution >= 4 is 21.8 Å². The number of amides is 1. The maximum absolute atomic E-state index is 11.5. The Hall–Kier alpha value is -0.830. The average Bonchev–Trinajstić information content (AvgIpc) is 2.17. The molecule has 0 spiro atoms. The van der Waals surface area contributed by atoms with Crippen LogP contribution in [0, 0.1) is 5.92 Å². The van der Waals surface area contributed by atoms with E-state index in [0.717, 1.165) is 10.0 Å². The lowest BCUT2D eigenvalue weighted by Crippen LogP contribution is -2.30. The van der Waals surface area contributed by atoms with Gasteiger partial charge in [-0.1, -0.05) is 41.9 Å². The van der Waals surface area contributed by atoms with E-state index in [1.807, 2.05) is 45.0 Å². The molecule has 0 unspecified atom stereocenters. The second-order valence-corrected chi connectivity index (χ2v) is 4.86. The fraction of sp³-hybridized carbons (Fsp3) is 0.417. The normalized spacial score (nSPS) is 12.6. The van der Waals surface area contributed by atoms with Crippen LogP contribution in [0.2, 0.25) is 0 Å². The molecule has 1 rings (SSSR count). The minimum absolute atomic E-state index is 0.0274. The molecular weight excluding hydrogens is 254 g/mol. The Kier molecular flexibility index (Phi) is 4.33. The van der Waals surface area contributed by atoms with Crippen molar-refractivity contribution in [2.75, 3.05) is 0 Å². The Labute approximate surface area is 99.2 Å². The molecule has 0 bridgehead atoms. The smallest absolute Gasteiger partial charge is 0.223 e. The van der Waals surface area contributed by atoms with Gasteiger partial charge in [-0.05, 0) is 24.6 Å². The molecule has 1 aromatic rings. The molecule has 0 aliphatic heterocycles. The van der Waals surface area contributed by atoms with Crippen LogP contribution in [0.1, 0.15) is 32.4 Å². The molecule has 1 atom stereocenters. The van der Waals surface area contributed by atoms with Gasteiger partial charge in [-0.2, -0.15) is 0 Å². The lowest BCUT2D eigenvalue weighted by molar-refractivity contribution is -0.124. The predicted octanol–water partition coefficient (Wildman–Crippen LogP) is 3.28. The molecule has 0 aromatic heterocycles. The van der Waals surface area contributed by atoms with E-state index < -0.39 is 0 Å². The van der Waals surface area contributed by atoms with E-state index in [2.05, 4.69) is 21.2 Å². The highest BCUT2D eigenvalue weighted by molar-refractivity contribution is 9.10. The van der Waals surface area contributed by atoms with Crippen LogP contribution < -0.4 is 5.32 Å². The first kappa shape index (κ1) is 12.2. The summed E-state index contributed by atoms with van der Waals surface area (Å²) in [4.78, 5) is 11.5. The van der Waals surface area contributed by atoms with Gasteiger partial charge in [-0.3, -0.25) is 4.79 Å². The van der Waals surface area contributed by atoms with E-state index in [1.54, 1.807) is 0 Å². The van der Waals surface area contributed by atoms with Crippen LogP contribution in [0.5, 0.6) is 0 Å². The van der Waals surface area contributed by atoms with Crippen molar-refractivity contribution in [2.45, 2.75) is 26.8 Å². The van der Waals surface area contributed by atoms with Crippen LogP contribution in [-0.2, 0) is 4.79 Å². The average molecular weight is 270 g/mol. The summed E-state index contributed by atoms with van der Waals surface area (Å²) in [5.41, 5.74) is 1.11. The topological polar surface area (TPSA) is 29.1 Å². The summed E-state index contributed by atoms with van der Waals surface area (Å²) in [5, 5.41) is 2.96. The third-order valence-corrected chi connectivity index (χ3v) is 2.73. The molecular formula is C12H16BrNO. The van der Waals surface area contributed by atoms with Crippen molar-refractivity contribution in [1.29, 1.82) is 0 Å². The van der Waals surface area contributed by atoms with Gasteiger partial charge in [-0.25, -0.2) is 0 Å². The van der Waals surface area contributed by atoms with Crippen molar-refractivity contribution in [1.82, 2.24) is 5.32 Å². The fourth-order valence-corrected chi connectivity index (χ4v) is 1.66. The molecule has 0 aliphatic rings. The zero-order valence-electron chi connectivity index (χ0n) is 9.25. The van der Waals surface area contributed by atoms with Crippen LogP contribution in [0.3, 0.4) is 0 Å². The third-order valence-electron chi connectivity index (χ3n) is 2.23. The highest BCUT2D eigenvalue weighted by atomic mass is 79.9. The highest BCUT2D eigenvalue weighted by Gasteiger charge is 2.12. The monoisotopic (exact) mass is 269 g/mol. The molecule has 15 heavy (non-hydrogen) atoms. The summed E-state index contributed by atoms with van der Waals surface area (Å²) in [7, 11) is 0. The van der Waals surface area contributed by atoms with E-state index in [9.17, 15) is 4.79 Å². The van der Waals surface area contributed by atoms with E-state index in [-0.39, 0.29) is 17.9 Å². The van der Waals surface area contributed by atoms with Crippen LogP contribution in [0.15, 0.2) is 28.7 Å². The molecule has 1 aromatic carbocycles. The molecule has 0 saturated carbocycles. The van der Waals surface area contributed by atoms with Crippen LogP contribution in [0.4, 0.5) is 0 Å². The molecule has 0 aliphatic carbocycles. The van der Waals surface area contributed by atoms with Crippen molar-refractivity contribution in [2.24, 2.45) is 5.92 Å². The number of nitrogens with one attached hydrogen (secondary N) is 1. The van der Waals surface area contributed by atoms with Crippen molar-refractivity contribution < 1.29 is 4.79 Å². The molecule has 0 fully saturated rings. The van der Waals surface area contributed by atoms with Gasteiger partial charge in [-0.15, -0.1) is 0 Å². The SMILES string of the molecule is CC(C)C(=O)N[C@@H](C)c1cccc(Br)c1. The van der Waals surface area contributed by atoms with Gasteiger partial charge in [0.1, 0.15) is 0 Å². The standard InChI is InChI=1S/C12H16BrNO/c1-8(2)12(15)14-9(3)10-5-4-6-11(13)7-10/h4-9H,1-3H3,(H,14,15)/t9-/m0/s1. The van der Waals surface area contributed by atoms with Gasteiger partial charge in [0.15, 0.2) is 0 Å². The van der Waals surface area contributed by atoms with Gasteiger partial charge >= 0.3 is 0 Å². The van der Waals surface area contributed by atoms with Gasteiger partial charge in [0, 0.05) is 10.4 Å². The summed E-state index contributed by atoms with van der Waals surface area (Å²) in [6, 6.07) is 8.02. The number of halogens is 1. The molecule has 2 nitrogen and oxygen atoms in total. The minimum Gasteiger partial charge on any atom is -0.349 e. The Morgan fingerprint density at radius 3 is 2.53 bits per heavy atom. The number of carbonyl (C=O) groups excluding carboxylic acids is 1. The van der Waals surface area contributed by atoms with Crippen molar-refractivity contribution in [3.05, 3.63) is 34.3 Å². The Morgan fingerprint density at radius 2 is 2.00 bits per heavy atom. The first-order chi connectivity index (χ1) is 7.00. The number of hydrogen-bond acceptors (Lipinski definition) is 1. The first-order valence-corrected chi connectivity index (χ1v) is 5.86. The van der Waals surface area contributed by atoms with E-state index in [0.29, 0.717) is 0 Å².